The van der Waals surface area contributed by atoms with Crippen LogP contribution >= 0.6 is 0 Å². The van der Waals surface area contributed by atoms with Crippen LogP contribution in [0.2, 0.25) is 0 Å². The molecule has 0 bridgehead atoms. The zero-order valence-corrected chi connectivity index (χ0v) is 16.0. The van der Waals surface area contributed by atoms with Crippen LogP contribution in [0.3, 0.4) is 0 Å². The van der Waals surface area contributed by atoms with Gasteiger partial charge in [-0.1, -0.05) is 19.9 Å². The summed E-state index contributed by atoms with van der Waals surface area (Å²) in [5.41, 5.74) is 1.25. The second-order valence-electron chi connectivity index (χ2n) is 6.20. The number of aliphatic imine (C=N–C) groups is 1. The molecule has 24 heavy (non-hydrogen) atoms. The first-order valence-electron chi connectivity index (χ1n) is 8.78. The highest BCUT2D eigenvalue weighted by atomic mass is 16.5. The van der Waals surface area contributed by atoms with Crippen molar-refractivity contribution in [2.75, 3.05) is 27.3 Å². The molecular formula is C19H33N3O2. The zero-order chi connectivity index (χ0) is 17.9. The van der Waals surface area contributed by atoms with E-state index >= 15 is 0 Å². The maximum atomic E-state index is 5.63. The third kappa shape index (κ3) is 6.69. The molecule has 0 aliphatic rings. The van der Waals surface area contributed by atoms with Crippen LogP contribution in [0, 0.1) is 5.92 Å². The predicted octanol–water partition coefficient (Wildman–Crippen LogP) is 3.24. The molecule has 1 rings (SSSR count). The molecule has 0 saturated heterocycles. The van der Waals surface area contributed by atoms with E-state index in [2.05, 4.69) is 48.5 Å². The number of benzene rings is 1. The Morgan fingerprint density at radius 3 is 2.54 bits per heavy atom. The molecule has 1 aromatic carbocycles. The van der Waals surface area contributed by atoms with Crippen LogP contribution in [-0.2, 0) is 6.42 Å². The van der Waals surface area contributed by atoms with E-state index in [0.717, 1.165) is 36.8 Å². The van der Waals surface area contributed by atoms with Crippen LogP contribution in [0.5, 0.6) is 11.5 Å². The van der Waals surface area contributed by atoms with Crippen molar-refractivity contribution >= 4 is 5.96 Å². The van der Waals surface area contributed by atoms with Crippen molar-refractivity contribution in [3.63, 3.8) is 0 Å². The summed E-state index contributed by atoms with van der Waals surface area (Å²) in [5, 5.41) is 6.78. The van der Waals surface area contributed by atoms with Crippen molar-refractivity contribution in [2.45, 2.75) is 46.6 Å². The Hall–Kier alpha value is -1.91. The fraction of sp³-hybridized carbons (Fsp3) is 0.632. The molecular weight excluding hydrogens is 302 g/mol. The number of guanidine groups is 1. The Labute approximate surface area is 146 Å². The van der Waals surface area contributed by atoms with E-state index in [-0.39, 0.29) is 0 Å². The smallest absolute Gasteiger partial charge is 0.191 e. The molecule has 0 aliphatic heterocycles. The molecule has 0 aliphatic carbocycles. The molecule has 5 heteroatoms. The van der Waals surface area contributed by atoms with Crippen molar-refractivity contribution in [3.05, 3.63) is 23.8 Å². The number of nitrogens with one attached hydrogen (secondary N) is 2. The molecule has 1 aromatic rings. The summed E-state index contributed by atoms with van der Waals surface area (Å²) in [6.45, 7) is 10.1. The van der Waals surface area contributed by atoms with E-state index in [1.807, 2.05) is 13.0 Å². The van der Waals surface area contributed by atoms with Gasteiger partial charge in [-0.3, -0.25) is 4.99 Å². The molecule has 0 radical (unpaired) electrons. The summed E-state index contributed by atoms with van der Waals surface area (Å²) >= 11 is 0. The highest BCUT2D eigenvalue weighted by Gasteiger charge is 2.09. The first kappa shape index (κ1) is 20.1. The van der Waals surface area contributed by atoms with Gasteiger partial charge in [-0.2, -0.15) is 0 Å². The van der Waals surface area contributed by atoms with E-state index in [9.17, 15) is 0 Å². The topological polar surface area (TPSA) is 54.9 Å². The Morgan fingerprint density at radius 2 is 1.96 bits per heavy atom. The van der Waals surface area contributed by atoms with Crippen LogP contribution in [-0.4, -0.2) is 39.3 Å². The summed E-state index contributed by atoms with van der Waals surface area (Å²) in [5.74, 6) is 3.03. The summed E-state index contributed by atoms with van der Waals surface area (Å²) < 4.78 is 10.9. The minimum atomic E-state index is 0.395. The number of hydrogen-bond acceptors (Lipinski definition) is 3. The number of rotatable bonds is 9. The quantitative estimate of drug-likeness (QED) is 0.413. The lowest BCUT2D eigenvalue weighted by Gasteiger charge is -2.20. The van der Waals surface area contributed by atoms with Gasteiger partial charge in [-0.15, -0.1) is 0 Å². The van der Waals surface area contributed by atoms with Gasteiger partial charge in [0.2, 0.25) is 0 Å². The number of aryl methyl sites for hydroxylation is 1. The fourth-order valence-corrected chi connectivity index (χ4v) is 2.22. The number of methoxy groups -OCH3 is 1. The predicted molar refractivity (Wildman–Crippen MR) is 101 cm³/mol. The van der Waals surface area contributed by atoms with Crippen molar-refractivity contribution < 1.29 is 9.47 Å². The molecule has 0 fully saturated rings. The second-order valence-corrected chi connectivity index (χ2v) is 6.20. The number of hydrogen-bond donors (Lipinski definition) is 2. The first-order chi connectivity index (χ1) is 11.5. The SMILES string of the molecule is CCOc1cc(CCCNC(=NC)NC(C)C(C)C)ccc1OC. The van der Waals surface area contributed by atoms with E-state index in [1.165, 1.54) is 5.56 Å². The van der Waals surface area contributed by atoms with Crippen molar-refractivity contribution in [2.24, 2.45) is 10.9 Å². The molecule has 5 nitrogen and oxygen atoms in total. The summed E-state index contributed by atoms with van der Waals surface area (Å²) in [4.78, 5) is 4.27. The van der Waals surface area contributed by atoms with Gasteiger partial charge in [0.25, 0.3) is 0 Å². The van der Waals surface area contributed by atoms with Crippen LogP contribution in [0.15, 0.2) is 23.2 Å². The minimum Gasteiger partial charge on any atom is -0.493 e. The highest BCUT2D eigenvalue weighted by Crippen LogP contribution is 2.28. The van der Waals surface area contributed by atoms with Gasteiger partial charge in [0.05, 0.1) is 13.7 Å². The van der Waals surface area contributed by atoms with E-state index < -0.39 is 0 Å². The monoisotopic (exact) mass is 335 g/mol. The van der Waals surface area contributed by atoms with Gasteiger partial charge in [0, 0.05) is 19.6 Å². The number of nitrogens with zero attached hydrogens (tertiary/aromatic N) is 1. The maximum absolute atomic E-state index is 5.63. The third-order valence-electron chi connectivity index (χ3n) is 4.05. The summed E-state index contributed by atoms with van der Waals surface area (Å²) in [6.07, 6.45) is 2.00. The molecule has 0 saturated carbocycles. The Bertz CT molecular complexity index is 515. The van der Waals surface area contributed by atoms with Crippen LogP contribution in [0.25, 0.3) is 0 Å². The molecule has 1 atom stereocenters. The van der Waals surface area contributed by atoms with Crippen LogP contribution in [0.4, 0.5) is 0 Å². The molecule has 0 heterocycles. The lowest BCUT2D eigenvalue weighted by Crippen LogP contribution is -2.44. The average molecular weight is 335 g/mol. The molecule has 0 spiro atoms. The van der Waals surface area contributed by atoms with Crippen LogP contribution < -0.4 is 20.1 Å². The zero-order valence-electron chi connectivity index (χ0n) is 16.0. The highest BCUT2D eigenvalue weighted by molar-refractivity contribution is 5.79. The van der Waals surface area contributed by atoms with Gasteiger partial charge in [-0.05, 0) is 50.3 Å². The van der Waals surface area contributed by atoms with Gasteiger partial charge in [-0.25, -0.2) is 0 Å². The Kier molecular flexibility index (Phi) is 9.05. The van der Waals surface area contributed by atoms with Gasteiger partial charge in [0.1, 0.15) is 0 Å². The number of ether oxygens (including phenoxy) is 2. The fourth-order valence-electron chi connectivity index (χ4n) is 2.22. The van der Waals surface area contributed by atoms with Crippen molar-refractivity contribution in [3.8, 4) is 11.5 Å². The Morgan fingerprint density at radius 1 is 1.21 bits per heavy atom. The van der Waals surface area contributed by atoms with Crippen LogP contribution in [0.1, 0.15) is 39.7 Å². The molecule has 0 amide bonds. The van der Waals surface area contributed by atoms with E-state index in [1.54, 1.807) is 14.2 Å². The third-order valence-corrected chi connectivity index (χ3v) is 4.05. The van der Waals surface area contributed by atoms with E-state index in [4.69, 9.17) is 9.47 Å². The molecule has 0 aromatic heterocycles. The lowest BCUT2D eigenvalue weighted by atomic mass is 10.1. The van der Waals surface area contributed by atoms with Gasteiger partial charge >= 0.3 is 0 Å². The standard InChI is InChI=1S/C19H33N3O2/c1-7-24-18-13-16(10-11-17(18)23-6)9-8-12-21-19(20-5)22-15(4)14(2)3/h10-11,13-15H,7-9,12H2,1-6H3,(H2,20,21,22). The van der Waals surface area contributed by atoms with E-state index in [0.29, 0.717) is 18.6 Å². The second kappa shape index (κ2) is 10.8. The summed E-state index contributed by atoms with van der Waals surface area (Å²) in [7, 11) is 3.47. The van der Waals surface area contributed by atoms with Gasteiger partial charge in [0.15, 0.2) is 17.5 Å². The minimum absolute atomic E-state index is 0.395. The normalized spacial score (nSPS) is 12.9. The maximum Gasteiger partial charge on any atom is 0.191 e. The van der Waals surface area contributed by atoms with Crippen molar-refractivity contribution in [1.29, 1.82) is 0 Å². The van der Waals surface area contributed by atoms with Crippen molar-refractivity contribution in [1.82, 2.24) is 10.6 Å². The molecule has 2 N–H and O–H groups in total. The van der Waals surface area contributed by atoms with Gasteiger partial charge < -0.3 is 20.1 Å². The summed E-state index contributed by atoms with van der Waals surface area (Å²) in [6, 6.07) is 6.52. The Balaban J connectivity index is 2.45. The first-order valence-corrected chi connectivity index (χ1v) is 8.78. The molecule has 136 valence electrons. The largest absolute Gasteiger partial charge is 0.493 e. The average Bonchev–Trinajstić information content (AvgIpc) is 2.57. The molecule has 1 unspecified atom stereocenters. The lowest BCUT2D eigenvalue weighted by molar-refractivity contribution is 0.310.